The Labute approximate surface area is 162 Å². The number of hydrogen-bond acceptors (Lipinski definition) is 6. The molecule has 1 aliphatic rings. The lowest BCUT2D eigenvalue weighted by Gasteiger charge is -2.65. The highest BCUT2D eigenvalue weighted by Gasteiger charge is 2.80. The number of nitrogens with zero attached hydrogens (tertiary/aromatic N) is 2. The van der Waals surface area contributed by atoms with E-state index in [2.05, 4.69) is 0 Å². The highest BCUT2D eigenvalue weighted by molar-refractivity contribution is 7.89. The van der Waals surface area contributed by atoms with Gasteiger partial charge < -0.3 is 10.2 Å². The summed E-state index contributed by atoms with van der Waals surface area (Å²) in [5, 5.41) is 30.6. The van der Waals surface area contributed by atoms with Gasteiger partial charge in [0.1, 0.15) is 0 Å². The Kier molecular flexibility index (Phi) is 5.55. The minimum atomic E-state index is -4.55. The number of benzene rings is 1. The normalized spacial score (nSPS) is 20.9. The number of carboxylic acids is 2. The SMILES string of the molecule is CCC1N(S(=O)(=O)c2ccc([N+](=O)[O-])cc2)C(C(=O)O)(C(=O)O)C1(CC)CC. The lowest BCUT2D eigenvalue weighted by atomic mass is 9.53. The molecule has 0 spiro atoms. The third-order valence-electron chi connectivity index (χ3n) is 5.84. The van der Waals surface area contributed by atoms with Crippen molar-refractivity contribution in [2.24, 2.45) is 5.41 Å². The number of sulfonamides is 1. The van der Waals surface area contributed by atoms with Crippen LogP contribution in [0.25, 0.3) is 0 Å². The van der Waals surface area contributed by atoms with Gasteiger partial charge in [-0.15, -0.1) is 0 Å². The van der Waals surface area contributed by atoms with E-state index < -0.39 is 48.8 Å². The monoisotopic (exact) mass is 414 g/mol. The quantitative estimate of drug-likeness (QED) is 0.372. The molecular formula is C17H22N2O8S. The van der Waals surface area contributed by atoms with Gasteiger partial charge in [-0.25, -0.2) is 18.0 Å². The zero-order valence-corrected chi connectivity index (χ0v) is 16.5. The van der Waals surface area contributed by atoms with Crippen LogP contribution in [-0.4, -0.2) is 51.4 Å². The van der Waals surface area contributed by atoms with Gasteiger partial charge in [0.15, 0.2) is 0 Å². The summed E-state index contributed by atoms with van der Waals surface area (Å²) in [6.45, 7) is 4.95. The van der Waals surface area contributed by atoms with Gasteiger partial charge in [-0.2, -0.15) is 4.31 Å². The van der Waals surface area contributed by atoms with Crippen molar-refractivity contribution < 1.29 is 33.1 Å². The molecule has 0 radical (unpaired) electrons. The molecule has 1 aliphatic heterocycles. The summed E-state index contributed by atoms with van der Waals surface area (Å²) in [4.78, 5) is 34.1. The van der Waals surface area contributed by atoms with E-state index in [4.69, 9.17) is 0 Å². The molecule has 1 saturated heterocycles. The van der Waals surface area contributed by atoms with Crippen molar-refractivity contribution in [1.29, 1.82) is 0 Å². The van der Waals surface area contributed by atoms with Crippen LogP contribution in [0.5, 0.6) is 0 Å². The van der Waals surface area contributed by atoms with Gasteiger partial charge in [0.25, 0.3) is 5.69 Å². The Balaban J connectivity index is 2.74. The van der Waals surface area contributed by atoms with E-state index in [0.29, 0.717) is 4.31 Å². The molecule has 1 aromatic rings. The Hall–Kier alpha value is -2.53. The van der Waals surface area contributed by atoms with Crippen LogP contribution in [0.1, 0.15) is 40.0 Å². The standard InChI is InChI=1S/C17H22N2O8S/c1-4-13-16(5-2,6-3)17(14(20)21,15(22)23)18(13)28(26,27)12-9-7-11(8-10-12)19(24)25/h7-10,13H,4-6H2,1-3H3,(H,20,21)(H,22,23). The number of nitro benzene ring substituents is 1. The molecule has 2 N–H and O–H groups in total. The molecular weight excluding hydrogens is 392 g/mol. The number of carbonyl (C=O) groups is 2. The van der Waals surface area contributed by atoms with E-state index in [9.17, 15) is 38.3 Å². The first-order valence-electron chi connectivity index (χ1n) is 8.74. The highest BCUT2D eigenvalue weighted by atomic mass is 32.2. The van der Waals surface area contributed by atoms with Gasteiger partial charge in [-0.1, -0.05) is 20.8 Å². The van der Waals surface area contributed by atoms with Crippen LogP contribution in [0.4, 0.5) is 5.69 Å². The second-order valence-corrected chi connectivity index (χ2v) is 8.47. The summed E-state index contributed by atoms with van der Waals surface area (Å²) in [5.74, 6) is -3.50. The number of hydrogen-bond donors (Lipinski definition) is 2. The van der Waals surface area contributed by atoms with Crippen LogP contribution >= 0.6 is 0 Å². The Morgan fingerprint density at radius 3 is 1.89 bits per heavy atom. The highest BCUT2D eigenvalue weighted by Crippen LogP contribution is 2.60. The van der Waals surface area contributed by atoms with Crippen LogP contribution in [-0.2, 0) is 19.6 Å². The van der Waals surface area contributed by atoms with Gasteiger partial charge in [-0.05, 0) is 31.4 Å². The number of nitro groups is 1. The first-order chi connectivity index (χ1) is 13.0. The zero-order chi connectivity index (χ0) is 21.5. The minimum absolute atomic E-state index is 0.160. The molecule has 0 saturated carbocycles. The van der Waals surface area contributed by atoms with E-state index in [1.54, 1.807) is 20.8 Å². The van der Waals surface area contributed by atoms with Crippen molar-refractivity contribution in [2.45, 2.75) is 56.5 Å². The van der Waals surface area contributed by atoms with Crippen molar-refractivity contribution in [3.8, 4) is 0 Å². The lowest BCUT2D eigenvalue weighted by molar-refractivity contribution is -0.384. The molecule has 1 aromatic carbocycles. The maximum atomic E-state index is 13.2. The summed E-state index contributed by atoms with van der Waals surface area (Å²) in [5.41, 5.74) is -4.28. The van der Waals surface area contributed by atoms with Crippen LogP contribution in [0.15, 0.2) is 29.2 Å². The van der Waals surface area contributed by atoms with Gasteiger partial charge in [0.05, 0.1) is 9.82 Å². The molecule has 0 amide bonds. The van der Waals surface area contributed by atoms with E-state index in [1.165, 1.54) is 0 Å². The number of rotatable bonds is 8. The predicted molar refractivity (Wildman–Crippen MR) is 97.2 cm³/mol. The van der Waals surface area contributed by atoms with Crippen LogP contribution < -0.4 is 0 Å². The van der Waals surface area contributed by atoms with Crippen molar-refractivity contribution in [3.63, 3.8) is 0 Å². The van der Waals surface area contributed by atoms with Crippen molar-refractivity contribution >= 4 is 27.6 Å². The van der Waals surface area contributed by atoms with E-state index >= 15 is 0 Å². The van der Waals surface area contributed by atoms with Gasteiger partial charge in [0, 0.05) is 23.6 Å². The molecule has 1 fully saturated rings. The average molecular weight is 414 g/mol. The molecule has 11 heteroatoms. The second-order valence-electron chi connectivity index (χ2n) is 6.66. The van der Waals surface area contributed by atoms with E-state index in [0.717, 1.165) is 24.3 Å². The van der Waals surface area contributed by atoms with Gasteiger partial charge in [-0.3, -0.25) is 10.1 Å². The molecule has 1 atom stereocenters. The third kappa shape index (κ3) is 2.53. The lowest BCUT2D eigenvalue weighted by Crippen LogP contribution is -2.86. The molecule has 1 unspecified atom stereocenters. The van der Waals surface area contributed by atoms with Crippen LogP contribution in [0.3, 0.4) is 0 Å². The van der Waals surface area contributed by atoms with Gasteiger partial charge in [0.2, 0.25) is 15.6 Å². The summed E-state index contributed by atoms with van der Waals surface area (Å²) in [7, 11) is -4.55. The predicted octanol–water partition coefficient (Wildman–Crippen LogP) is 2.09. The molecule has 0 aromatic heterocycles. The average Bonchev–Trinajstić information content (AvgIpc) is 2.61. The molecule has 0 bridgehead atoms. The molecule has 28 heavy (non-hydrogen) atoms. The fourth-order valence-corrected chi connectivity index (χ4v) is 6.64. The fourth-order valence-electron chi connectivity index (χ4n) is 4.55. The summed E-state index contributed by atoms with van der Waals surface area (Å²) in [6, 6.07) is 3.07. The maximum Gasteiger partial charge on any atom is 0.337 e. The first kappa shape index (κ1) is 21.8. The third-order valence-corrected chi connectivity index (χ3v) is 7.76. The number of non-ortho nitro benzene ring substituents is 1. The van der Waals surface area contributed by atoms with Crippen molar-refractivity contribution in [3.05, 3.63) is 34.4 Å². The number of aliphatic carboxylic acids is 2. The van der Waals surface area contributed by atoms with Crippen molar-refractivity contribution in [2.75, 3.05) is 0 Å². The van der Waals surface area contributed by atoms with Crippen LogP contribution in [0.2, 0.25) is 0 Å². The Morgan fingerprint density at radius 1 is 1.11 bits per heavy atom. The topological polar surface area (TPSA) is 155 Å². The van der Waals surface area contributed by atoms with Crippen molar-refractivity contribution in [1.82, 2.24) is 4.31 Å². The number of carboxylic acid groups (broad SMARTS) is 2. The molecule has 2 rings (SSSR count). The second kappa shape index (κ2) is 7.13. The Bertz CT molecular complexity index is 892. The Morgan fingerprint density at radius 2 is 1.57 bits per heavy atom. The maximum absolute atomic E-state index is 13.2. The van der Waals surface area contributed by atoms with Crippen LogP contribution in [0, 0.1) is 15.5 Å². The summed E-state index contributed by atoms with van der Waals surface area (Å²) < 4.78 is 27.0. The molecule has 154 valence electrons. The zero-order valence-electron chi connectivity index (χ0n) is 15.7. The summed E-state index contributed by atoms with van der Waals surface area (Å²) in [6.07, 6.45) is 0.538. The smallest absolute Gasteiger partial charge is 0.337 e. The first-order valence-corrected chi connectivity index (χ1v) is 10.2. The minimum Gasteiger partial charge on any atom is -0.479 e. The summed E-state index contributed by atoms with van der Waals surface area (Å²) >= 11 is 0. The molecule has 10 nitrogen and oxygen atoms in total. The molecule has 1 heterocycles. The van der Waals surface area contributed by atoms with Gasteiger partial charge >= 0.3 is 11.9 Å². The molecule has 0 aliphatic carbocycles. The largest absolute Gasteiger partial charge is 0.479 e. The van der Waals surface area contributed by atoms with E-state index in [-0.39, 0.29) is 24.9 Å². The fraction of sp³-hybridized carbons (Fsp3) is 0.529. The van der Waals surface area contributed by atoms with E-state index in [1.807, 2.05) is 0 Å².